The standard InChI is InChI=1S/C22H22N2O3/c25-22(20-12-21(27-24-20)19-9-10-19)23-13-17-7-4-8-18(11-17)15-26-14-16-5-2-1-3-6-16/h1-8,11-12,19H,9-10,13-15H2,(H,23,25). The van der Waals surface area contributed by atoms with E-state index < -0.39 is 0 Å². The van der Waals surface area contributed by atoms with Crippen LogP contribution in [0.5, 0.6) is 0 Å². The number of hydrogen-bond donors (Lipinski definition) is 1. The van der Waals surface area contributed by atoms with Gasteiger partial charge >= 0.3 is 0 Å². The Kier molecular flexibility index (Phi) is 5.30. The second-order valence-electron chi connectivity index (χ2n) is 6.87. The maximum absolute atomic E-state index is 12.2. The van der Waals surface area contributed by atoms with E-state index in [1.165, 1.54) is 0 Å². The number of hydrogen-bond acceptors (Lipinski definition) is 4. The fourth-order valence-corrected chi connectivity index (χ4v) is 2.92. The normalized spacial score (nSPS) is 13.5. The summed E-state index contributed by atoms with van der Waals surface area (Å²) in [4.78, 5) is 12.2. The summed E-state index contributed by atoms with van der Waals surface area (Å²) >= 11 is 0. The number of aromatic nitrogens is 1. The van der Waals surface area contributed by atoms with Crippen LogP contribution < -0.4 is 5.32 Å². The van der Waals surface area contributed by atoms with Crippen molar-refractivity contribution in [3.8, 4) is 0 Å². The van der Waals surface area contributed by atoms with Crippen LogP contribution in [0.15, 0.2) is 65.2 Å². The van der Waals surface area contributed by atoms with Crippen LogP contribution in [0.1, 0.15) is 51.7 Å². The third-order valence-electron chi connectivity index (χ3n) is 4.57. The first kappa shape index (κ1) is 17.5. The van der Waals surface area contributed by atoms with E-state index >= 15 is 0 Å². The minimum absolute atomic E-state index is 0.212. The van der Waals surface area contributed by atoms with Gasteiger partial charge in [-0.2, -0.15) is 0 Å². The summed E-state index contributed by atoms with van der Waals surface area (Å²) < 4.78 is 11.0. The quantitative estimate of drug-likeness (QED) is 0.652. The molecule has 0 aliphatic heterocycles. The fraction of sp³-hybridized carbons (Fsp3) is 0.273. The predicted molar refractivity (Wildman–Crippen MR) is 101 cm³/mol. The molecule has 0 radical (unpaired) electrons. The van der Waals surface area contributed by atoms with Gasteiger partial charge < -0.3 is 14.6 Å². The second kappa shape index (κ2) is 8.18. The molecule has 1 aromatic heterocycles. The number of benzene rings is 2. The van der Waals surface area contributed by atoms with Gasteiger partial charge in [-0.1, -0.05) is 59.8 Å². The molecular formula is C22H22N2O3. The first-order valence-electron chi connectivity index (χ1n) is 9.22. The van der Waals surface area contributed by atoms with Crippen molar-refractivity contribution >= 4 is 5.91 Å². The lowest BCUT2D eigenvalue weighted by Crippen LogP contribution is -2.23. The van der Waals surface area contributed by atoms with Crippen LogP contribution in [-0.2, 0) is 24.5 Å². The molecule has 1 N–H and O–H groups in total. The van der Waals surface area contributed by atoms with Crippen molar-refractivity contribution in [3.05, 3.63) is 88.8 Å². The van der Waals surface area contributed by atoms with Gasteiger partial charge in [0.1, 0.15) is 5.76 Å². The Morgan fingerprint density at radius 3 is 2.56 bits per heavy atom. The molecule has 2 aromatic carbocycles. The van der Waals surface area contributed by atoms with Crippen molar-refractivity contribution in [2.75, 3.05) is 0 Å². The zero-order chi connectivity index (χ0) is 18.5. The molecular weight excluding hydrogens is 340 g/mol. The third-order valence-corrected chi connectivity index (χ3v) is 4.57. The Hall–Kier alpha value is -2.92. The van der Waals surface area contributed by atoms with E-state index in [-0.39, 0.29) is 5.91 Å². The number of carbonyl (C=O) groups is 1. The fourth-order valence-electron chi connectivity index (χ4n) is 2.92. The lowest BCUT2D eigenvalue weighted by atomic mass is 10.1. The summed E-state index contributed by atoms with van der Waals surface area (Å²) in [7, 11) is 0. The van der Waals surface area contributed by atoms with Crippen LogP contribution >= 0.6 is 0 Å². The van der Waals surface area contributed by atoms with Crippen molar-refractivity contribution in [1.82, 2.24) is 10.5 Å². The Morgan fingerprint density at radius 2 is 1.74 bits per heavy atom. The summed E-state index contributed by atoms with van der Waals surface area (Å²) in [5.74, 6) is 1.06. The van der Waals surface area contributed by atoms with Crippen LogP contribution in [0.4, 0.5) is 0 Å². The second-order valence-corrected chi connectivity index (χ2v) is 6.87. The summed E-state index contributed by atoms with van der Waals surface area (Å²) in [5, 5.41) is 6.76. The zero-order valence-corrected chi connectivity index (χ0v) is 15.1. The van der Waals surface area contributed by atoms with E-state index in [9.17, 15) is 4.79 Å². The van der Waals surface area contributed by atoms with E-state index in [0.29, 0.717) is 31.4 Å². The first-order valence-corrected chi connectivity index (χ1v) is 9.22. The highest BCUT2D eigenvalue weighted by molar-refractivity contribution is 5.92. The Morgan fingerprint density at radius 1 is 1.00 bits per heavy atom. The number of carbonyl (C=O) groups excluding carboxylic acids is 1. The zero-order valence-electron chi connectivity index (χ0n) is 15.1. The van der Waals surface area contributed by atoms with Crippen molar-refractivity contribution < 1.29 is 14.1 Å². The molecule has 1 amide bonds. The van der Waals surface area contributed by atoms with Gasteiger partial charge in [-0.15, -0.1) is 0 Å². The maximum Gasteiger partial charge on any atom is 0.273 e. The molecule has 5 nitrogen and oxygen atoms in total. The van der Waals surface area contributed by atoms with Gasteiger partial charge in [0.15, 0.2) is 5.69 Å². The molecule has 0 atom stereocenters. The molecule has 1 aliphatic rings. The SMILES string of the molecule is O=C(NCc1cccc(COCc2ccccc2)c1)c1cc(C2CC2)on1. The van der Waals surface area contributed by atoms with E-state index in [4.69, 9.17) is 9.26 Å². The van der Waals surface area contributed by atoms with Crippen LogP contribution in [0.2, 0.25) is 0 Å². The molecule has 1 saturated carbocycles. The predicted octanol–water partition coefficient (Wildman–Crippen LogP) is 4.20. The van der Waals surface area contributed by atoms with Crippen LogP contribution in [0.3, 0.4) is 0 Å². The number of ether oxygens (including phenoxy) is 1. The average Bonchev–Trinajstić information content (AvgIpc) is 3.44. The smallest absolute Gasteiger partial charge is 0.273 e. The van der Waals surface area contributed by atoms with Crippen molar-refractivity contribution in [3.63, 3.8) is 0 Å². The van der Waals surface area contributed by atoms with Gasteiger partial charge in [0.2, 0.25) is 0 Å². The van der Waals surface area contributed by atoms with E-state index in [2.05, 4.69) is 10.5 Å². The number of nitrogens with one attached hydrogen (secondary N) is 1. The van der Waals surface area contributed by atoms with Crippen LogP contribution in [-0.4, -0.2) is 11.1 Å². The van der Waals surface area contributed by atoms with Gasteiger partial charge in [0, 0.05) is 18.5 Å². The van der Waals surface area contributed by atoms with Gasteiger partial charge in [-0.05, 0) is 29.5 Å². The lowest BCUT2D eigenvalue weighted by molar-refractivity contribution is 0.0941. The van der Waals surface area contributed by atoms with Crippen molar-refractivity contribution in [2.24, 2.45) is 0 Å². The van der Waals surface area contributed by atoms with Crippen LogP contribution in [0.25, 0.3) is 0 Å². The highest BCUT2D eigenvalue weighted by Gasteiger charge is 2.28. The summed E-state index contributed by atoms with van der Waals surface area (Å²) in [6.07, 6.45) is 2.24. The number of rotatable bonds is 8. The van der Waals surface area contributed by atoms with Gasteiger partial charge in [0.25, 0.3) is 5.91 Å². The van der Waals surface area contributed by atoms with Crippen LogP contribution in [0, 0.1) is 0 Å². The molecule has 1 aliphatic carbocycles. The molecule has 0 saturated heterocycles. The molecule has 1 heterocycles. The summed E-state index contributed by atoms with van der Waals surface area (Å²) in [6.45, 7) is 1.55. The molecule has 138 valence electrons. The molecule has 3 aromatic rings. The Bertz CT molecular complexity index is 901. The van der Waals surface area contributed by atoms with Gasteiger partial charge in [0.05, 0.1) is 13.2 Å². The minimum Gasteiger partial charge on any atom is -0.372 e. The topological polar surface area (TPSA) is 64.4 Å². The number of nitrogens with zero attached hydrogens (tertiary/aromatic N) is 1. The third kappa shape index (κ3) is 4.83. The number of amides is 1. The Balaban J connectivity index is 1.27. The highest BCUT2D eigenvalue weighted by Crippen LogP contribution is 2.40. The van der Waals surface area contributed by atoms with E-state index in [1.807, 2.05) is 54.6 Å². The van der Waals surface area contributed by atoms with Crippen molar-refractivity contribution in [2.45, 2.75) is 38.5 Å². The lowest BCUT2D eigenvalue weighted by Gasteiger charge is -2.08. The van der Waals surface area contributed by atoms with Crippen molar-refractivity contribution in [1.29, 1.82) is 0 Å². The highest BCUT2D eigenvalue weighted by atomic mass is 16.5. The molecule has 4 rings (SSSR count). The Labute approximate surface area is 158 Å². The van der Waals surface area contributed by atoms with E-state index in [1.54, 1.807) is 6.07 Å². The van der Waals surface area contributed by atoms with Gasteiger partial charge in [-0.25, -0.2) is 0 Å². The molecule has 5 heteroatoms. The molecule has 0 spiro atoms. The summed E-state index contributed by atoms with van der Waals surface area (Å²) in [6, 6.07) is 19.9. The van der Waals surface area contributed by atoms with Gasteiger partial charge in [-0.3, -0.25) is 4.79 Å². The molecule has 1 fully saturated rings. The maximum atomic E-state index is 12.2. The largest absolute Gasteiger partial charge is 0.372 e. The van der Waals surface area contributed by atoms with E-state index in [0.717, 1.165) is 35.3 Å². The molecule has 0 bridgehead atoms. The minimum atomic E-state index is -0.212. The molecule has 0 unspecified atom stereocenters. The average molecular weight is 362 g/mol. The monoisotopic (exact) mass is 362 g/mol. The summed E-state index contributed by atoms with van der Waals surface area (Å²) in [5.41, 5.74) is 3.60. The first-order chi connectivity index (χ1) is 13.3. The molecule has 27 heavy (non-hydrogen) atoms.